The molecule has 1 N–H and O–H groups in total. The molecule has 1 rings (SSSR count). The van der Waals surface area contributed by atoms with Gasteiger partial charge in [-0.1, -0.05) is 0 Å². The Morgan fingerprint density at radius 3 is 2.69 bits per heavy atom. The third-order valence-electron chi connectivity index (χ3n) is 1.56. The maximum atomic E-state index is 10.5. The molecule has 0 spiro atoms. The Kier molecular flexibility index (Phi) is 2.33. The first kappa shape index (κ1) is 9.26. The van der Waals surface area contributed by atoms with Crippen LogP contribution in [0.25, 0.3) is 0 Å². The van der Waals surface area contributed by atoms with Gasteiger partial charge in [-0.15, -0.1) is 0 Å². The fourth-order valence-corrected chi connectivity index (χ4v) is 0.976. The van der Waals surface area contributed by atoms with E-state index in [0.717, 1.165) is 0 Å². The van der Waals surface area contributed by atoms with Crippen LogP contribution in [0.1, 0.15) is 36.1 Å². The van der Waals surface area contributed by atoms with Crippen LogP contribution in [0.3, 0.4) is 0 Å². The SMILES string of the molecule is CC(C)n1nc(C(=O)O)cc1C#N. The summed E-state index contributed by atoms with van der Waals surface area (Å²) in [7, 11) is 0. The maximum absolute atomic E-state index is 10.5. The Hall–Kier alpha value is -1.83. The summed E-state index contributed by atoms with van der Waals surface area (Å²) in [5.41, 5.74) is 0.178. The number of carbonyl (C=O) groups is 1. The van der Waals surface area contributed by atoms with Crippen molar-refractivity contribution in [1.29, 1.82) is 5.26 Å². The Morgan fingerprint density at radius 2 is 2.38 bits per heavy atom. The molecule has 0 aliphatic carbocycles. The first-order valence-electron chi connectivity index (χ1n) is 3.79. The van der Waals surface area contributed by atoms with E-state index in [2.05, 4.69) is 5.10 Å². The second kappa shape index (κ2) is 3.27. The maximum Gasteiger partial charge on any atom is 0.356 e. The molecule has 0 unspecified atom stereocenters. The van der Waals surface area contributed by atoms with E-state index in [9.17, 15) is 4.79 Å². The van der Waals surface area contributed by atoms with Crippen molar-refractivity contribution in [2.24, 2.45) is 0 Å². The molecular formula is C8H9N3O2. The van der Waals surface area contributed by atoms with Crippen molar-refractivity contribution in [3.8, 4) is 6.07 Å². The summed E-state index contributed by atoms with van der Waals surface area (Å²) in [6.45, 7) is 3.67. The van der Waals surface area contributed by atoms with Crippen LogP contribution in [-0.4, -0.2) is 20.9 Å². The number of aromatic carboxylic acids is 1. The van der Waals surface area contributed by atoms with E-state index in [4.69, 9.17) is 10.4 Å². The molecule has 0 radical (unpaired) electrons. The van der Waals surface area contributed by atoms with Gasteiger partial charge in [0.2, 0.25) is 0 Å². The molecule has 0 saturated heterocycles. The van der Waals surface area contributed by atoms with Crippen molar-refractivity contribution in [2.75, 3.05) is 0 Å². The van der Waals surface area contributed by atoms with Crippen molar-refractivity contribution < 1.29 is 9.90 Å². The van der Waals surface area contributed by atoms with Gasteiger partial charge in [-0.05, 0) is 13.8 Å². The third-order valence-corrected chi connectivity index (χ3v) is 1.56. The summed E-state index contributed by atoms with van der Waals surface area (Å²) >= 11 is 0. The van der Waals surface area contributed by atoms with E-state index in [1.54, 1.807) is 0 Å². The quantitative estimate of drug-likeness (QED) is 0.735. The number of nitriles is 1. The molecule has 68 valence electrons. The van der Waals surface area contributed by atoms with E-state index < -0.39 is 5.97 Å². The van der Waals surface area contributed by atoms with Crippen molar-refractivity contribution in [3.05, 3.63) is 17.5 Å². The smallest absolute Gasteiger partial charge is 0.356 e. The van der Waals surface area contributed by atoms with Gasteiger partial charge in [-0.2, -0.15) is 10.4 Å². The summed E-state index contributed by atoms with van der Waals surface area (Å²) in [5, 5.41) is 21.0. The molecule has 1 heterocycles. The highest BCUT2D eigenvalue weighted by Gasteiger charge is 2.14. The summed E-state index contributed by atoms with van der Waals surface area (Å²) in [6, 6.07) is 3.14. The van der Waals surface area contributed by atoms with Crippen molar-refractivity contribution >= 4 is 5.97 Å². The largest absolute Gasteiger partial charge is 0.476 e. The molecule has 0 amide bonds. The molecule has 0 aliphatic rings. The van der Waals surface area contributed by atoms with Gasteiger partial charge in [0.1, 0.15) is 11.8 Å². The first-order valence-corrected chi connectivity index (χ1v) is 3.79. The normalized spacial score (nSPS) is 10.0. The van der Waals surface area contributed by atoms with Gasteiger partial charge < -0.3 is 5.11 Å². The lowest BCUT2D eigenvalue weighted by Crippen LogP contribution is -2.06. The Bertz CT molecular complexity index is 373. The summed E-state index contributed by atoms with van der Waals surface area (Å²) in [4.78, 5) is 10.5. The van der Waals surface area contributed by atoms with E-state index in [0.29, 0.717) is 0 Å². The molecule has 0 aromatic carbocycles. The Morgan fingerprint density at radius 1 is 1.77 bits per heavy atom. The van der Waals surface area contributed by atoms with Crippen molar-refractivity contribution in [1.82, 2.24) is 9.78 Å². The molecule has 0 fully saturated rings. The minimum atomic E-state index is -1.11. The molecule has 0 atom stereocenters. The molecule has 1 aromatic rings. The minimum absolute atomic E-state index is 0.0113. The Balaban J connectivity index is 3.21. The van der Waals surface area contributed by atoms with Crippen LogP contribution >= 0.6 is 0 Å². The summed E-state index contributed by atoms with van der Waals surface area (Å²) < 4.78 is 1.39. The van der Waals surface area contributed by atoms with Gasteiger partial charge in [0.25, 0.3) is 0 Å². The number of nitrogens with zero attached hydrogens (tertiary/aromatic N) is 3. The van der Waals surface area contributed by atoms with Crippen LogP contribution in [0.5, 0.6) is 0 Å². The van der Waals surface area contributed by atoms with Crippen LogP contribution in [0, 0.1) is 11.3 Å². The lowest BCUT2D eigenvalue weighted by molar-refractivity contribution is 0.0689. The number of hydrogen-bond donors (Lipinski definition) is 1. The predicted octanol–water partition coefficient (Wildman–Crippen LogP) is 1.03. The monoisotopic (exact) mass is 179 g/mol. The molecule has 13 heavy (non-hydrogen) atoms. The number of hydrogen-bond acceptors (Lipinski definition) is 3. The third kappa shape index (κ3) is 1.67. The highest BCUT2D eigenvalue weighted by Crippen LogP contribution is 2.09. The van der Waals surface area contributed by atoms with Gasteiger partial charge in [0.05, 0.1) is 0 Å². The van der Waals surface area contributed by atoms with Crippen LogP contribution in [0.2, 0.25) is 0 Å². The molecule has 5 heteroatoms. The second-order valence-electron chi connectivity index (χ2n) is 2.87. The highest BCUT2D eigenvalue weighted by molar-refractivity contribution is 5.85. The van der Waals surface area contributed by atoms with E-state index in [1.807, 2.05) is 19.9 Å². The van der Waals surface area contributed by atoms with Gasteiger partial charge in [0, 0.05) is 12.1 Å². The standard InChI is InChI=1S/C8H9N3O2/c1-5(2)11-6(4-9)3-7(10-11)8(12)13/h3,5H,1-2H3,(H,12,13). The van der Waals surface area contributed by atoms with E-state index in [1.165, 1.54) is 10.7 Å². The zero-order valence-corrected chi connectivity index (χ0v) is 7.35. The van der Waals surface area contributed by atoms with Gasteiger partial charge in [-0.25, -0.2) is 4.79 Å². The van der Waals surface area contributed by atoms with E-state index in [-0.39, 0.29) is 17.4 Å². The lowest BCUT2D eigenvalue weighted by Gasteiger charge is -2.04. The molecule has 0 saturated carbocycles. The summed E-state index contributed by atoms with van der Waals surface area (Å²) in [6.07, 6.45) is 0. The highest BCUT2D eigenvalue weighted by atomic mass is 16.4. The fourth-order valence-electron chi connectivity index (χ4n) is 0.976. The lowest BCUT2D eigenvalue weighted by atomic mass is 10.3. The molecule has 1 aromatic heterocycles. The molecule has 0 bridgehead atoms. The van der Waals surface area contributed by atoms with Crippen LogP contribution in [0.4, 0.5) is 0 Å². The average molecular weight is 179 g/mol. The number of carboxylic acids is 1. The molecular weight excluding hydrogens is 170 g/mol. The molecule has 5 nitrogen and oxygen atoms in total. The number of aromatic nitrogens is 2. The predicted molar refractivity (Wildman–Crippen MR) is 44.3 cm³/mol. The zero-order valence-electron chi connectivity index (χ0n) is 7.35. The van der Waals surface area contributed by atoms with Crippen LogP contribution in [-0.2, 0) is 0 Å². The van der Waals surface area contributed by atoms with Crippen molar-refractivity contribution in [3.63, 3.8) is 0 Å². The number of carboxylic acid groups (broad SMARTS) is 1. The fraction of sp³-hybridized carbons (Fsp3) is 0.375. The van der Waals surface area contributed by atoms with Crippen LogP contribution in [0.15, 0.2) is 6.07 Å². The molecule has 0 aliphatic heterocycles. The van der Waals surface area contributed by atoms with E-state index >= 15 is 0 Å². The van der Waals surface area contributed by atoms with Gasteiger partial charge in [-0.3, -0.25) is 4.68 Å². The van der Waals surface area contributed by atoms with Gasteiger partial charge >= 0.3 is 5.97 Å². The van der Waals surface area contributed by atoms with Gasteiger partial charge in [0.15, 0.2) is 5.69 Å². The summed E-state index contributed by atoms with van der Waals surface area (Å²) in [5.74, 6) is -1.11. The zero-order chi connectivity index (χ0) is 10.0. The van der Waals surface area contributed by atoms with Crippen LogP contribution < -0.4 is 0 Å². The van der Waals surface area contributed by atoms with Crippen molar-refractivity contribution in [2.45, 2.75) is 19.9 Å². The minimum Gasteiger partial charge on any atom is -0.476 e. The second-order valence-corrected chi connectivity index (χ2v) is 2.87. The average Bonchev–Trinajstić information content (AvgIpc) is 2.47. The number of rotatable bonds is 2. The Labute approximate surface area is 75.2 Å². The topological polar surface area (TPSA) is 78.9 Å². The first-order chi connectivity index (χ1) is 6.06.